The maximum absolute atomic E-state index is 12.1. The zero-order chi connectivity index (χ0) is 31.1. The largest absolute Gasteiger partial charge is 0.480 e. The van der Waals surface area contributed by atoms with Crippen molar-refractivity contribution in [2.75, 3.05) is 85.1 Å². The summed E-state index contributed by atoms with van der Waals surface area (Å²) in [7, 11) is -4.50. The summed E-state index contributed by atoms with van der Waals surface area (Å²) in [5.74, 6) is -4.25. The number of benzene rings is 1. The van der Waals surface area contributed by atoms with E-state index in [1.807, 2.05) is 35.2 Å². The Hall–Kier alpha value is -2.46. The topological polar surface area (TPSA) is 215 Å². The fraction of sp³-hybridized carbons (Fsp3) is 0.654. The molecule has 238 valence electrons. The molecule has 0 spiro atoms. The Balaban J connectivity index is 2.06. The molecule has 0 amide bonds. The van der Waals surface area contributed by atoms with Gasteiger partial charge in [-0.2, -0.15) is 0 Å². The van der Waals surface area contributed by atoms with Crippen LogP contribution in [0.2, 0.25) is 0 Å². The molecular weight excluding hydrogens is 573 g/mol. The highest BCUT2D eigenvalue weighted by Crippen LogP contribution is 2.41. The Kier molecular flexibility index (Phi) is 15.5. The van der Waals surface area contributed by atoms with Crippen LogP contribution in [-0.2, 0) is 25.4 Å². The summed E-state index contributed by atoms with van der Waals surface area (Å²) in [5, 5.41) is 41.6. The van der Waals surface area contributed by atoms with Crippen molar-refractivity contribution in [3.8, 4) is 0 Å². The molecule has 7 N–H and O–H groups in total. The Bertz CT molecular complexity index is 998. The zero-order valence-electron chi connectivity index (χ0n) is 23.7. The molecule has 1 aliphatic heterocycles. The first-order valence-corrected chi connectivity index (χ1v) is 15.6. The van der Waals surface area contributed by atoms with Gasteiger partial charge in [0, 0.05) is 65.4 Å². The second-order valence-electron chi connectivity index (χ2n) is 10.5. The molecule has 1 heterocycles. The van der Waals surface area contributed by atoms with Crippen molar-refractivity contribution in [1.29, 1.82) is 0 Å². The molecule has 2 rings (SSSR count). The molecule has 2 unspecified atom stereocenters. The minimum absolute atomic E-state index is 0.0944. The zero-order valence-corrected chi connectivity index (χ0v) is 24.6. The van der Waals surface area contributed by atoms with E-state index in [4.69, 9.17) is 0 Å². The van der Waals surface area contributed by atoms with Crippen molar-refractivity contribution < 1.29 is 49.2 Å². The van der Waals surface area contributed by atoms with E-state index in [0.717, 1.165) is 5.56 Å². The van der Waals surface area contributed by atoms with Crippen LogP contribution in [0.25, 0.3) is 0 Å². The van der Waals surface area contributed by atoms with Crippen molar-refractivity contribution >= 4 is 25.5 Å². The first-order chi connectivity index (χ1) is 19.8. The second kappa shape index (κ2) is 18.3. The van der Waals surface area contributed by atoms with Gasteiger partial charge in [-0.1, -0.05) is 30.3 Å². The minimum atomic E-state index is -4.50. The number of hydrogen-bond donors (Lipinski definition) is 7. The van der Waals surface area contributed by atoms with Crippen molar-refractivity contribution in [3.63, 3.8) is 0 Å². The first-order valence-electron chi connectivity index (χ1n) is 13.9. The fourth-order valence-electron chi connectivity index (χ4n) is 4.78. The third kappa shape index (κ3) is 15.1. The Morgan fingerprint density at radius 2 is 1.14 bits per heavy atom. The highest BCUT2D eigenvalue weighted by molar-refractivity contribution is 7.52. The molecule has 1 aromatic rings. The van der Waals surface area contributed by atoms with Crippen molar-refractivity contribution in [1.82, 2.24) is 24.9 Å². The van der Waals surface area contributed by atoms with Crippen LogP contribution >= 0.6 is 7.60 Å². The number of aliphatic carboxylic acids is 3. The summed E-state index contributed by atoms with van der Waals surface area (Å²) in [6, 6.07) is 9.28. The lowest BCUT2D eigenvalue weighted by molar-refractivity contribution is -0.140. The van der Waals surface area contributed by atoms with Crippen molar-refractivity contribution in [2.45, 2.75) is 24.7 Å². The Morgan fingerprint density at radius 1 is 0.738 bits per heavy atom. The predicted molar refractivity (Wildman–Crippen MR) is 153 cm³/mol. The summed E-state index contributed by atoms with van der Waals surface area (Å²) in [6.45, 7) is 1.63. The number of nitrogens with zero attached hydrogens (tertiary/aromatic N) is 4. The number of hydrogen-bond acceptors (Lipinski definition) is 10. The van der Waals surface area contributed by atoms with E-state index < -0.39 is 37.4 Å². The van der Waals surface area contributed by atoms with Crippen LogP contribution in [0.3, 0.4) is 0 Å². The quantitative estimate of drug-likeness (QED) is 0.112. The molecule has 1 aliphatic rings. The molecule has 0 bridgehead atoms. The van der Waals surface area contributed by atoms with Gasteiger partial charge < -0.3 is 35.5 Å². The third-order valence-electron chi connectivity index (χ3n) is 7.02. The van der Waals surface area contributed by atoms with Crippen molar-refractivity contribution in [2.24, 2.45) is 0 Å². The summed E-state index contributed by atoms with van der Waals surface area (Å²) in [6.07, 6.45) is -0.414. The van der Waals surface area contributed by atoms with Crippen LogP contribution in [0.5, 0.6) is 0 Å². The summed E-state index contributed by atoms with van der Waals surface area (Å²) in [5.41, 5.74) is 0.931. The van der Waals surface area contributed by atoms with E-state index in [-0.39, 0.29) is 65.3 Å². The number of rotatable bonds is 15. The van der Waals surface area contributed by atoms with Gasteiger partial charge in [0.25, 0.3) is 0 Å². The maximum atomic E-state index is 12.1. The SMILES string of the molecule is O=C(O)CN1CCN(CC(=O)O)CCN(CC(O)CNC(CCc2ccccc2)P(=O)(O)O)CCN(CC(=O)O)CC1. The lowest BCUT2D eigenvalue weighted by Gasteiger charge is -2.34. The summed E-state index contributed by atoms with van der Waals surface area (Å²) in [4.78, 5) is 60.8. The number of aliphatic hydroxyl groups is 1. The minimum Gasteiger partial charge on any atom is -0.480 e. The van der Waals surface area contributed by atoms with Crippen LogP contribution in [0, 0.1) is 0 Å². The van der Waals surface area contributed by atoms with Gasteiger partial charge in [0.1, 0.15) is 5.78 Å². The predicted octanol–water partition coefficient (Wildman–Crippen LogP) is -1.45. The maximum Gasteiger partial charge on any atom is 0.342 e. The Labute approximate surface area is 245 Å². The number of aryl methyl sites for hydroxylation is 1. The van der Waals surface area contributed by atoms with Gasteiger partial charge in [-0.15, -0.1) is 0 Å². The monoisotopic (exact) mass is 617 g/mol. The molecule has 2 atom stereocenters. The number of carbonyl (C=O) groups is 3. The van der Waals surface area contributed by atoms with Gasteiger partial charge in [-0.3, -0.25) is 38.5 Å². The molecule has 1 fully saturated rings. The van der Waals surface area contributed by atoms with Gasteiger partial charge in [0.15, 0.2) is 0 Å². The van der Waals surface area contributed by atoms with Crippen LogP contribution < -0.4 is 5.32 Å². The molecule has 0 saturated carbocycles. The van der Waals surface area contributed by atoms with Gasteiger partial charge in [-0.05, 0) is 18.4 Å². The number of carboxylic acid groups (broad SMARTS) is 3. The van der Waals surface area contributed by atoms with Gasteiger partial charge in [0.05, 0.1) is 25.7 Å². The van der Waals surface area contributed by atoms with Gasteiger partial charge in [0.2, 0.25) is 0 Å². The van der Waals surface area contributed by atoms with Crippen LogP contribution in [0.15, 0.2) is 30.3 Å². The third-order valence-corrected chi connectivity index (χ3v) is 8.27. The number of carboxylic acids is 3. The molecule has 1 aromatic carbocycles. The highest BCUT2D eigenvalue weighted by atomic mass is 31.2. The van der Waals surface area contributed by atoms with E-state index in [1.165, 1.54) is 0 Å². The Morgan fingerprint density at radius 3 is 1.52 bits per heavy atom. The van der Waals surface area contributed by atoms with Crippen molar-refractivity contribution in [3.05, 3.63) is 35.9 Å². The molecule has 0 radical (unpaired) electrons. The fourth-order valence-corrected chi connectivity index (χ4v) is 5.59. The lowest BCUT2D eigenvalue weighted by Crippen LogP contribution is -2.50. The van der Waals surface area contributed by atoms with Crippen LogP contribution in [-0.4, -0.2) is 165 Å². The number of β-amino-alcohol motifs (C(OH)–C–C–N with tert-alkyl or cyclic N) is 1. The normalized spacial score (nSPS) is 18.9. The summed E-state index contributed by atoms with van der Waals surface area (Å²) >= 11 is 0. The number of aliphatic hydroxyl groups excluding tert-OH is 1. The average Bonchev–Trinajstić information content (AvgIpc) is 2.89. The highest BCUT2D eigenvalue weighted by Gasteiger charge is 2.29. The summed E-state index contributed by atoms with van der Waals surface area (Å²) < 4.78 is 12.1. The van der Waals surface area contributed by atoms with Crippen LogP contribution in [0.4, 0.5) is 0 Å². The van der Waals surface area contributed by atoms with Crippen LogP contribution in [0.1, 0.15) is 12.0 Å². The molecule has 0 aromatic heterocycles. The van der Waals surface area contributed by atoms with Gasteiger partial charge >= 0.3 is 25.5 Å². The van der Waals surface area contributed by atoms with E-state index in [1.54, 1.807) is 14.7 Å². The van der Waals surface area contributed by atoms with Gasteiger partial charge in [-0.25, -0.2) is 0 Å². The van der Waals surface area contributed by atoms with E-state index >= 15 is 0 Å². The van der Waals surface area contributed by atoms with E-state index in [9.17, 15) is 49.2 Å². The molecule has 42 heavy (non-hydrogen) atoms. The molecule has 16 heteroatoms. The smallest absolute Gasteiger partial charge is 0.342 e. The standard InChI is InChI=1S/C26H44N5O10P/c32-22(16-27-23(42(39,40)41)7-6-21-4-2-1-3-5-21)17-28-8-10-29(18-24(33)34)12-14-31(20-26(37)38)15-13-30(11-9-28)19-25(35)36/h1-5,22-23,27,32H,6-20H2,(H,33,34)(H,35,36)(H,37,38)(H2,39,40,41). The molecule has 1 saturated heterocycles. The second-order valence-corrected chi connectivity index (χ2v) is 12.3. The average molecular weight is 618 g/mol. The molecule has 0 aliphatic carbocycles. The number of nitrogens with one attached hydrogen (secondary N) is 1. The lowest BCUT2D eigenvalue weighted by atomic mass is 10.1. The molecule has 15 nitrogen and oxygen atoms in total. The molecular formula is C26H44N5O10P. The van der Waals surface area contributed by atoms with E-state index in [0.29, 0.717) is 32.6 Å². The van der Waals surface area contributed by atoms with E-state index in [2.05, 4.69) is 5.32 Å². The first kappa shape index (κ1) is 35.7.